The minimum atomic E-state index is -1.03. The van der Waals surface area contributed by atoms with E-state index in [1.165, 1.54) is 0 Å². The number of rotatable bonds is 4. The van der Waals surface area contributed by atoms with Crippen LogP contribution in [0.15, 0.2) is 29.0 Å². The number of ether oxygens (including phenoxy) is 1. The van der Waals surface area contributed by atoms with E-state index in [0.717, 1.165) is 36.0 Å². The van der Waals surface area contributed by atoms with Crippen molar-refractivity contribution in [2.75, 3.05) is 5.32 Å². The van der Waals surface area contributed by atoms with Gasteiger partial charge in [0.1, 0.15) is 17.0 Å². The third-order valence-corrected chi connectivity index (χ3v) is 5.99. The zero-order valence-corrected chi connectivity index (χ0v) is 19.4. The van der Waals surface area contributed by atoms with Gasteiger partial charge in [-0.15, -0.1) is 0 Å². The number of amides is 1. The maximum Gasteiger partial charge on any atom is 0.413 e. The molecule has 32 heavy (non-hydrogen) atoms. The second-order valence-corrected chi connectivity index (χ2v) is 10.0. The predicted molar refractivity (Wildman–Crippen MR) is 121 cm³/mol. The van der Waals surface area contributed by atoms with Gasteiger partial charge in [-0.2, -0.15) is 0 Å². The quantitative estimate of drug-likeness (QED) is 0.515. The fourth-order valence-corrected chi connectivity index (χ4v) is 4.30. The summed E-state index contributed by atoms with van der Waals surface area (Å²) in [5.41, 5.74) is 1.68. The number of anilines is 1. The molecule has 3 aromatic heterocycles. The predicted octanol–water partition coefficient (Wildman–Crippen LogP) is 6.27. The Labute approximate surface area is 187 Å². The van der Waals surface area contributed by atoms with Crippen LogP contribution in [-0.4, -0.2) is 32.1 Å². The highest BCUT2D eigenvalue weighted by Gasteiger charge is 2.31. The Morgan fingerprint density at radius 2 is 2.09 bits per heavy atom. The number of aryl methyl sites for hydroxylation is 1. The maximum absolute atomic E-state index is 14.2. The average Bonchev–Trinajstić information content (AvgIpc) is 3.25. The fraction of sp³-hybridized carbons (Fsp3) is 0.542. The summed E-state index contributed by atoms with van der Waals surface area (Å²) in [7, 11) is 0. The Bertz CT molecular complexity index is 1120. The molecular weight excluding hydrogens is 411 g/mol. The van der Waals surface area contributed by atoms with Gasteiger partial charge in [-0.25, -0.2) is 9.18 Å². The van der Waals surface area contributed by atoms with Gasteiger partial charge in [-0.05, 0) is 78.4 Å². The van der Waals surface area contributed by atoms with Crippen LogP contribution < -0.4 is 5.32 Å². The first-order valence-electron chi connectivity index (χ1n) is 11.1. The lowest BCUT2D eigenvalue weighted by Crippen LogP contribution is -2.27. The lowest BCUT2D eigenvalue weighted by molar-refractivity contribution is 0.0634. The number of aromatic nitrogens is 3. The minimum absolute atomic E-state index is 0.297. The Morgan fingerprint density at radius 3 is 2.78 bits per heavy atom. The minimum Gasteiger partial charge on any atom is -0.444 e. The highest BCUT2D eigenvalue weighted by Crippen LogP contribution is 2.37. The topological polar surface area (TPSA) is 82.2 Å². The number of carbonyl (C=O) groups is 1. The number of nitrogens with one attached hydrogen (secondary N) is 1. The van der Waals surface area contributed by atoms with Gasteiger partial charge in [0.05, 0.1) is 16.6 Å². The van der Waals surface area contributed by atoms with Crippen molar-refractivity contribution in [2.24, 2.45) is 5.92 Å². The molecule has 0 atom stereocenters. The van der Waals surface area contributed by atoms with Crippen LogP contribution >= 0.6 is 0 Å². The van der Waals surface area contributed by atoms with Crippen LogP contribution in [0.2, 0.25) is 0 Å². The van der Waals surface area contributed by atoms with Crippen molar-refractivity contribution in [1.29, 1.82) is 0 Å². The molecule has 1 fully saturated rings. The second kappa shape index (κ2) is 8.22. The molecule has 3 aromatic rings. The molecule has 1 aliphatic carbocycles. The van der Waals surface area contributed by atoms with Crippen molar-refractivity contribution in [3.05, 3.63) is 30.3 Å². The zero-order chi connectivity index (χ0) is 23.1. The van der Waals surface area contributed by atoms with Crippen molar-refractivity contribution < 1.29 is 18.4 Å². The number of hydrogen-bond donors (Lipinski definition) is 1. The largest absolute Gasteiger partial charge is 0.444 e. The second-order valence-electron chi connectivity index (χ2n) is 10.0. The molecule has 1 N–H and O–H groups in total. The molecule has 1 amide bonds. The van der Waals surface area contributed by atoms with Gasteiger partial charge in [0, 0.05) is 24.5 Å². The molecule has 0 saturated heterocycles. The normalized spacial score (nSPS) is 21.6. The third kappa shape index (κ3) is 4.95. The number of carbonyl (C=O) groups excluding carboxylic acids is 1. The number of nitrogens with zero attached hydrogens (tertiary/aromatic N) is 3. The molecule has 0 aliphatic heterocycles. The molecular formula is C24H31FN4O3. The number of alkyl halides is 1. The summed E-state index contributed by atoms with van der Waals surface area (Å²) in [6.07, 6.45) is 6.18. The smallest absolute Gasteiger partial charge is 0.413 e. The van der Waals surface area contributed by atoms with E-state index in [-0.39, 0.29) is 0 Å². The first-order chi connectivity index (χ1) is 15.0. The van der Waals surface area contributed by atoms with Gasteiger partial charge in [-0.3, -0.25) is 10.3 Å². The van der Waals surface area contributed by atoms with Gasteiger partial charge in [0.2, 0.25) is 0 Å². The molecule has 0 aromatic carbocycles. The molecule has 1 aliphatic rings. The van der Waals surface area contributed by atoms with E-state index in [1.54, 1.807) is 40.8 Å². The zero-order valence-electron chi connectivity index (χ0n) is 19.4. The SMILES string of the molecule is Cc1onc(NC(=O)OC(C)(C)C)c1-c1cnc2ccn(CC3CCC(C)(F)CC3)c2c1. The van der Waals surface area contributed by atoms with Gasteiger partial charge < -0.3 is 13.8 Å². The molecule has 172 valence electrons. The van der Waals surface area contributed by atoms with Gasteiger partial charge >= 0.3 is 6.09 Å². The monoisotopic (exact) mass is 442 g/mol. The van der Waals surface area contributed by atoms with E-state index in [9.17, 15) is 9.18 Å². The third-order valence-electron chi connectivity index (χ3n) is 5.99. The number of fused-ring (bicyclic) bond motifs is 1. The molecule has 7 nitrogen and oxygen atoms in total. The van der Waals surface area contributed by atoms with Crippen LogP contribution in [0.5, 0.6) is 0 Å². The Balaban J connectivity index is 1.59. The van der Waals surface area contributed by atoms with E-state index < -0.39 is 17.4 Å². The van der Waals surface area contributed by atoms with E-state index >= 15 is 0 Å². The van der Waals surface area contributed by atoms with Crippen molar-refractivity contribution in [3.63, 3.8) is 0 Å². The summed E-state index contributed by atoms with van der Waals surface area (Å²) >= 11 is 0. The van der Waals surface area contributed by atoms with Crippen LogP contribution in [0, 0.1) is 12.8 Å². The van der Waals surface area contributed by atoms with E-state index in [4.69, 9.17) is 9.26 Å². The highest BCUT2D eigenvalue weighted by molar-refractivity contribution is 5.92. The number of halogens is 1. The summed E-state index contributed by atoms with van der Waals surface area (Å²) < 4.78 is 27.0. The van der Waals surface area contributed by atoms with E-state index in [1.807, 2.05) is 18.3 Å². The lowest BCUT2D eigenvalue weighted by atomic mass is 9.81. The Hall–Kier alpha value is -2.90. The molecule has 8 heteroatoms. The standard InChI is InChI=1S/C24H31FN4O3/c1-15-20(21(28-32-15)27-22(30)31-23(2,3)4)17-12-19-18(26-13-17)8-11-29(19)14-16-6-9-24(5,25)10-7-16/h8,11-13,16H,6-7,9-10,14H2,1-5H3,(H,27,28,30). The summed E-state index contributed by atoms with van der Waals surface area (Å²) in [6, 6.07) is 4.02. The van der Waals surface area contributed by atoms with Crippen LogP contribution in [-0.2, 0) is 11.3 Å². The molecule has 0 unspecified atom stereocenters. The molecule has 1 saturated carbocycles. The highest BCUT2D eigenvalue weighted by atomic mass is 19.1. The Kier molecular flexibility index (Phi) is 5.73. The Morgan fingerprint density at radius 1 is 1.38 bits per heavy atom. The van der Waals surface area contributed by atoms with Crippen molar-refractivity contribution in [1.82, 2.24) is 14.7 Å². The first kappa shape index (κ1) is 22.3. The van der Waals surface area contributed by atoms with Crippen LogP contribution in [0.1, 0.15) is 59.1 Å². The molecule has 0 spiro atoms. The maximum atomic E-state index is 14.2. The van der Waals surface area contributed by atoms with Crippen molar-refractivity contribution in [3.8, 4) is 11.1 Å². The molecule has 3 heterocycles. The molecule has 0 bridgehead atoms. The average molecular weight is 443 g/mol. The fourth-order valence-electron chi connectivity index (χ4n) is 4.30. The first-order valence-corrected chi connectivity index (χ1v) is 11.1. The van der Waals surface area contributed by atoms with Crippen molar-refractivity contribution in [2.45, 2.75) is 78.1 Å². The van der Waals surface area contributed by atoms with Crippen LogP contribution in [0.25, 0.3) is 22.2 Å². The van der Waals surface area contributed by atoms with Crippen molar-refractivity contribution >= 4 is 22.9 Å². The summed E-state index contributed by atoms with van der Waals surface area (Å²) in [6.45, 7) is 9.72. The lowest BCUT2D eigenvalue weighted by Gasteiger charge is -2.31. The summed E-state index contributed by atoms with van der Waals surface area (Å²) in [5.74, 6) is 1.31. The summed E-state index contributed by atoms with van der Waals surface area (Å²) in [5, 5.41) is 6.68. The molecule has 4 rings (SSSR count). The van der Waals surface area contributed by atoms with Gasteiger partial charge in [-0.1, -0.05) is 5.16 Å². The van der Waals surface area contributed by atoms with Gasteiger partial charge in [0.25, 0.3) is 0 Å². The van der Waals surface area contributed by atoms with E-state index in [2.05, 4.69) is 20.0 Å². The van der Waals surface area contributed by atoms with Crippen LogP contribution in [0.3, 0.4) is 0 Å². The number of hydrogen-bond acceptors (Lipinski definition) is 5. The van der Waals surface area contributed by atoms with Crippen LogP contribution in [0.4, 0.5) is 15.0 Å². The number of pyridine rings is 1. The van der Waals surface area contributed by atoms with E-state index in [0.29, 0.717) is 35.9 Å². The van der Waals surface area contributed by atoms with Gasteiger partial charge in [0.15, 0.2) is 5.82 Å². The summed E-state index contributed by atoms with van der Waals surface area (Å²) in [4.78, 5) is 16.9. The molecule has 0 radical (unpaired) electrons.